The molecule has 0 saturated carbocycles. The molecule has 0 unspecified atom stereocenters. The Bertz CT molecular complexity index is 529. The molecule has 5 nitrogen and oxygen atoms in total. The molecule has 0 aliphatic carbocycles. The minimum absolute atomic E-state index is 0.0194. The molecule has 1 aromatic rings. The lowest BCUT2D eigenvalue weighted by molar-refractivity contribution is 0.0766. The minimum atomic E-state index is -0.0194. The summed E-state index contributed by atoms with van der Waals surface area (Å²) in [7, 11) is 1.56. The third kappa shape index (κ3) is 4.75. The summed E-state index contributed by atoms with van der Waals surface area (Å²) in [5, 5.41) is 3.70. The van der Waals surface area contributed by atoms with Gasteiger partial charge in [-0.1, -0.05) is 24.9 Å². The zero-order valence-corrected chi connectivity index (χ0v) is 14.6. The molecule has 0 spiro atoms. The molecule has 1 amide bonds. The second-order valence-electron chi connectivity index (χ2n) is 5.59. The highest BCUT2D eigenvalue weighted by molar-refractivity contribution is 6.32. The van der Waals surface area contributed by atoms with Gasteiger partial charge in [-0.2, -0.15) is 0 Å². The molecule has 1 heterocycles. The van der Waals surface area contributed by atoms with Crippen LogP contribution in [0.1, 0.15) is 36.5 Å². The van der Waals surface area contributed by atoms with Crippen molar-refractivity contribution in [3.8, 4) is 11.5 Å². The van der Waals surface area contributed by atoms with Crippen LogP contribution in [0.25, 0.3) is 0 Å². The number of halogens is 1. The third-order valence-electron chi connectivity index (χ3n) is 3.85. The number of hydrogen-bond acceptors (Lipinski definition) is 4. The van der Waals surface area contributed by atoms with E-state index in [0.29, 0.717) is 35.2 Å². The molecule has 1 N–H and O–H groups in total. The van der Waals surface area contributed by atoms with Crippen LogP contribution >= 0.6 is 11.6 Å². The van der Waals surface area contributed by atoms with E-state index in [0.717, 1.165) is 38.9 Å². The van der Waals surface area contributed by atoms with Crippen LogP contribution in [0.5, 0.6) is 11.5 Å². The quantitative estimate of drug-likeness (QED) is 0.809. The lowest BCUT2D eigenvalue weighted by atomic mass is 10.1. The lowest BCUT2D eigenvalue weighted by Gasteiger charge is -2.21. The molecule has 0 aromatic heterocycles. The van der Waals surface area contributed by atoms with Crippen molar-refractivity contribution in [2.75, 3.05) is 39.9 Å². The van der Waals surface area contributed by atoms with E-state index in [9.17, 15) is 4.79 Å². The second kappa shape index (κ2) is 8.99. The summed E-state index contributed by atoms with van der Waals surface area (Å²) < 4.78 is 11.1. The van der Waals surface area contributed by atoms with Crippen molar-refractivity contribution in [2.45, 2.75) is 26.2 Å². The van der Waals surface area contributed by atoms with Crippen molar-refractivity contribution in [1.82, 2.24) is 10.2 Å². The molecule has 128 valence electrons. The van der Waals surface area contributed by atoms with Crippen molar-refractivity contribution in [1.29, 1.82) is 0 Å². The lowest BCUT2D eigenvalue weighted by Crippen LogP contribution is -2.34. The predicted octanol–water partition coefficient (Wildman–Crippen LogP) is 2.96. The first-order chi connectivity index (χ1) is 11.2. The maximum absolute atomic E-state index is 12.7. The average Bonchev–Trinajstić information content (AvgIpc) is 2.84. The standard InChI is InChI=1S/C17H25ClN2O3/c1-3-4-10-23-16-14(18)11-13(12-15(16)22-2)17(21)20-8-5-6-19-7-9-20/h11-12,19H,3-10H2,1-2H3. The monoisotopic (exact) mass is 340 g/mol. The summed E-state index contributed by atoms with van der Waals surface area (Å²) in [6, 6.07) is 3.39. The van der Waals surface area contributed by atoms with Crippen LogP contribution in [0.15, 0.2) is 12.1 Å². The molecule has 2 rings (SSSR count). The summed E-state index contributed by atoms with van der Waals surface area (Å²) >= 11 is 6.32. The first-order valence-corrected chi connectivity index (χ1v) is 8.55. The number of carbonyl (C=O) groups is 1. The molecule has 1 fully saturated rings. The Labute approximate surface area is 142 Å². The number of nitrogens with zero attached hydrogens (tertiary/aromatic N) is 1. The summed E-state index contributed by atoms with van der Waals surface area (Å²) in [6.45, 7) is 5.89. The van der Waals surface area contributed by atoms with Gasteiger partial charge in [-0.15, -0.1) is 0 Å². The van der Waals surface area contributed by atoms with Gasteiger partial charge < -0.3 is 19.7 Å². The van der Waals surface area contributed by atoms with Crippen molar-refractivity contribution in [2.24, 2.45) is 0 Å². The Morgan fingerprint density at radius 2 is 2.17 bits per heavy atom. The average molecular weight is 341 g/mol. The molecule has 1 aliphatic rings. The van der Waals surface area contributed by atoms with Gasteiger partial charge in [0.15, 0.2) is 11.5 Å². The fourth-order valence-electron chi connectivity index (χ4n) is 2.53. The van der Waals surface area contributed by atoms with E-state index in [1.54, 1.807) is 19.2 Å². The number of ether oxygens (including phenoxy) is 2. The van der Waals surface area contributed by atoms with Crippen LogP contribution in [0.2, 0.25) is 5.02 Å². The van der Waals surface area contributed by atoms with Crippen LogP contribution < -0.4 is 14.8 Å². The Kier molecular flexibility index (Phi) is 6.99. The molecular weight excluding hydrogens is 316 g/mol. The summed E-state index contributed by atoms with van der Waals surface area (Å²) in [4.78, 5) is 14.5. The smallest absolute Gasteiger partial charge is 0.254 e. The summed E-state index contributed by atoms with van der Waals surface area (Å²) in [5.41, 5.74) is 0.539. The molecule has 0 bridgehead atoms. The molecule has 1 saturated heterocycles. The number of benzene rings is 1. The van der Waals surface area contributed by atoms with Crippen molar-refractivity contribution >= 4 is 17.5 Å². The first-order valence-electron chi connectivity index (χ1n) is 8.17. The van der Waals surface area contributed by atoms with Crippen molar-refractivity contribution < 1.29 is 14.3 Å². The second-order valence-corrected chi connectivity index (χ2v) is 5.99. The van der Waals surface area contributed by atoms with Gasteiger partial charge in [0.25, 0.3) is 5.91 Å². The number of carbonyl (C=O) groups excluding carboxylic acids is 1. The van der Waals surface area contributed by atoms with Crippen LogP contribution in [0.4, 0.5) is 0 Å². The number of amides is 1. The number of methoxy groups -OCH3 is 1. The predicted molar refractivity (Wildman–Crippen MR) is 91.8 cm³/mol. The van der Waals surface area contributed by atoms with Crippen molar-refractivity contribution in [3.05, 3.63) is 22.7 Å². The highest BCUT2D eigenvalue weighted by Gasteiger charge is 2.21. The minimum Gasteiger partial charge on any atom is -0.493 e. The zero-order chi connectivity index (χ0) is 16.7. The highest BCUT2D eigenvalue weighted by atomic mass is 35.5. The van der Waals surface area contributed by atoms with E-state index in [2.05, 4.69) is 12.2 Å². The number of unbranched alkanes of at least 4 members (excludes halogenated alkanes) is 1. The van der Waals surface area contributed by atoms with Gasteiger partial charge in [0, 0.05) is 25.2 Å². The topological polar surface area (TPSA) is 50.8 Å². The molecular formula is C17H25ClN2O3. The fourth-order valence-corrected chi connectivity index (χ4v) is 2.80. The SMILES string of the molecule is CCCCOc1c(Cl)cc(C(=O)N2CCCNCC2)cc1OC. The van der Waals surface area contributed by atoms with E-state index in [1.807, 2.05) is 4.90 Å². The summed E-state index contributed by atoms with van der Waals surface area (Å²) in [5.74, 6) is 0.996. The molecule has 1 aliphatic heterocycles. The molecule has 6 heteroatoms. The van der Waals surface area contributed by atoms with Gasteiger partial charge in [0.05, 0.1) is 18.7 Å². The van der Waals surface area contributed by atoms with Gasteiger partial charge in [-0.25, -0.2) is 0 Å². The Morgan fingerprint density at radius 1 is 1.35 bits per heavy atom. The van der Waals surface area contributed by atoms with Gasteiger partial charge in [-0.3, -0.25) is 4.79 Å². The van der Waals surface area contributed by atoms with Gasteiger partial charge >= 0.3 is 0 Å². The normalized spacial score (nSPS) is 15.2. The Hall–Kier alpha value is -1.46. The van der Waals surface area contributed by atoms with Crippen LogP contribution in [0.3, 0.4) is 0 Å². The molecule has 23 heavy (non-hydrogen) atoms. The molecule has 1 aromatic carbocycles. The Morgan fingerprint density at radius 3 is 2.91 bits per heavy atom. The maximum Gasteiger partial charge on any atom is 0.254 e. The van der Waals surface area contributed by atoms with Crippen molar-refractivity contribution in [3.63, 3.8) is 0 Å². The Balaban J connectivity index is 2.18. The van der Waals surface area contributed by atoms with Gasteiger partial charge in [-0.05, 0) is 31.5 Å². The number of rotatable bonds is 6. The number of nitrogens with one attached hydrogen (secondary N) is 1. The number of hydrogen-bond donors (Lipinski definition) is 1. The van der Waals surface area contributed by atoms with E-state index in [-0.39, 0.29) is 5.91 Å². The zero-order valence-electron chi connectivity index (χ0n) is 13.9. The fraction of sp³-hybridized carbons (Fsp3) is 0.588. The summed E-state index contributed by atoms with van der Waals surface area (Å²) in [6.07, 6.45) is 2.94. The van der Waals surface area contributed by atoms with Gasteiger partial charge in [0.2, 0.25) is 0 Å². The van der Waals surface area contributed by atoms with E-state index < -0.39 is 0 Å². The highest BCUT2D eigenvalue weighted by Crippen LogP contribution is 2.37. The molecule has 0 radical (unpaired) electrons. The first kappa shape index (κ1) is 17.9. The third-order valence-corrected chi connectivity index (χ3v) is 4.13. The van der Waals surface area contributed by atoms with Crippen LogP contribution in [0, 0.1) is 0 Å². The van der Waals surface area contributed by atoms with Crippen LogP contribution in [-0.2, 0) is 0 Å². The van der Waals surface area contributed by atoms with Crippen LogP contribution in [-0.4, -0.2) is 50.7 Å². The van der Waals surface area contributed by atoms with E-state index in [4.69, 9.17) is 21.1 Å². The van der Waals surface area contributed by atoms with E-state index in [1.165, 1.54) is 0 Å². The maximum atomic E-state index is 12.7. The molecule has 0 atom stereocenters. The van der Waals surface area contributed by atoms with Gasteiger partial charge in [0.1, 0.15) is 0 Å². The van der Waals surface area contributed by atoms with E-state index >= 15 is 0 Å². The largest absolute Gasteiger partial charge is 0.493 e.